The topological polar surface area (TPSA) is 72.3 Å². The van der Waals surface area contributed by atoms with Gasteiger partial charge in [-0.05, 0) is 93.8 Å². The lowest BCUT2D eigenvalue weighted by molar-refractivity contribution is -0.172. The molecule has 1 aliphatic heterocycles. The second-order valence-electron chi connectivity index (χ2n) is 14.3. The monoisotopic (exact) mass is 647 g/mol. The van der Waals surface area contributed by atoms with E-state index in [2.05, 4.69) is 20.3 Å². The standard InChI is InChI=1S/C34H45ClF3N5O2/c1-20-15-28(41-43(20)32(4,5)6)40-27-16-24(22(3)36)30(38)26(39-27)18-34(31(44)45-33(7,8)9)13-14-42(21(2)17-34)19-23-11-10-12-25(35)29(23)37/h10-12,15-16,21-22H,13-14,17-19H2,1-9H3,(H,39,40,41)/t21-,22?,34-/m1/s1. The van der Waals surface area contributed by atoms with Crippen LogP contribution in [-0.4, -0.2) is 43.8 Å². The van der Waals surface area contributed by atoms with Crippen molar-refractivity contribution in [2.45, 2.75) is 111 Å². The van der Waals surface area contributed by atoms with Crippen LogP contribution in [-0.2, 0) is 28.0 Å². The minimum atomic E-state index is -1.62. The van der Waals surface area contributed by atoms with E-state index >= 15 is 4.39 Å². The van der Waals surface area contributed by atoms with Gasteiger partial charge in [0.05, 0.1) is 21.7 Å². The first-order chi connectivity index (χ1) is 20.8. The number of carbonyl (C=O) groups is 1. The molecule has 1 saturated heterocycles. The van der Waals surface area contributed by atoms with E-state index in [-0.39, 0.29) is 40.1 Å². The van der Waals surface area contributed by atoms with E-state index in [0.717, 1.165) is 5.69 Å². The maximum Gasteiger partial charge on any atom is 0.313 e. The number of aryl methyl sites for hydroxylation is 1. The second-order valence-corrected chi connectivity index (χ2v) is 14.7. The Kier molecular flexibility index (Phi) is 10.0. The molecule has 7 nitrogen and oxygen atoms in total. The fourth-order valence-electron chi connectivity index (χ4n) is 6.04. The summed E-state index contributed by atoms with van der Waals surface area (Å²) in [5.74, 6) is -1.01. The van der Waals surface area contributed by atoms with Gasteiger partial charge in [-0.25, -0.2) is 18.2 Å². The number of piperidine rings is 1. The Morgan fingerprint density at radius 2 is 1.84 bits per heavy atom. The van der Waals surface area contributed by atoms with Crippen LogP contribution in [0.4, 0.5) is 24.8 Å². The van der Waals surface area contributed by atoms with Gasteiger partial charge in [0, 0.05) is 41.9 Å². The number of hydrogen-bond acceptors (Lipinski definition) is 6. The number of pyridine rings is 1. The number of nitrogens with one attached hydrogen (secondary N) is 1. The lowest BCUT2D eigenvalue weighted by Crippen LogP contribution is -2.51. The van der Waals surface area contributed by atoms with E-state index in [1.807, 2.05) is 45.4 Å². The molecule has 1 aromatic carbocycles. The van der Waals surface area contributed by atoms with Crippen LogP contribution in [0.5, 0.6) is 0 Å². The first kappa shape index (κ1) is 34.8. The molecule has 0 aliphatic carbocycles. The zero-order valence-corrected chi connectivity index (χ0v) is 28.5. The number of carbonyl (C=O) groups excluding carboxylic acids is 1. The van der Waals surface area contributed by atoms with E-state index < -0.39 is 34.8 Å². The van der Waals surface area contributed by atoms with E-state index in [0.29, 0.717) is 37.3 Å². The maximum atomic E-state index is 16.0. The van der Waals surface area contributed by atoms with Crippen LogP contribution in [0.25, 0.3) is 0 Å². The molecule has 0 saturated carbocycles. The van der Waals surface area contributed by atoms with Gasteiger partial charge in [0.1, 0.15) is 23.4 Å². The Hall–Kier alpha value is -3.11. The van der Waals surface area contributed by atoms with Gasteiger partial charge in [-0.2, -0.15) is 5.10 Å². The van der Waals surface area contributed by atoms with Crippen LogP contribution in [0.3, 0.4) is 0 Å². The van der Waals surface area contributed by atoms with Crippen molar-refractivity contribution in [2.75, 3.05) is 11.9 Å². The van der Waals surface area contributed by atoms with Gasteiger partial charge in [0.2, 0.25) is 0 Å². The van der Waals surface area contributed by atoms with Crippen LogP contribution < -0.4 is 5.32 Å². The molecule has 1 aliphatic rings. The van der Waals surface area contributed by atoms with Gasteiger partial charge in [-0.3, -0.25) is 14.4 Å². The molecule has 11 heteroatoms. The van der Waals surface area contributed by atoms with Gasteiger partial charge in [0.25, 0.3) is 0 Å². The molecule has 0 amide bonds. The zero-order valence-electron chi connectivity index (χ0n) is 27.7. The Morgan fingerprint density at radius 3 is 2.42 bits per heavy atom. The highest BCUT2D eigenvalue weighted by atomic mass is 35.5. The molecule has 1 fully saturated rings. The summed E-state index contributed by atoms with van der Waals surface area (Å²) in [6.45, 7) is 17.3. The van der Waals surface area contributed by atoms with E-state index in [9.17, 15) is 13.6 Å². The molecule has 246 valence electrons. The van der Waals surface area contributed by atoms with Crippen molar-refractivity contribution in [3.8, 4) is 0 Å². The fourth-order valence-corrected chi connectivity index (χ4v) is 6.24. The van der Waals surface area contributed by atoms with Crippen molar-refractivity contribution < 1.29 is 22.7 Å². The summed E-state index contributed by atoms with van der Waals surface area (Å²) < 4.78 is 53.3. The minimum absolute atomic E-state index is 0.0288. The summed E-state index contributed by atoms with van der Waals surface area (Å²) in [7, 11) is 0. The number of likely N-dealkylation sites (tertiary alicyclic amines) is 1. The largest absolute Gasteiger partial charge is 0.460 e. The van der Waals surface area contributed by atoms with Crippen molar-refractivity contribution >= 4 is 29.2 Å². The third-order valence-electron chi connectivity index (χ3n) is 8.19. The lowest BCUT2D eigenvalue weighted by atomic mass is 9.71. The van der Waals surface area contributed by atoms with E-state index in [1.54, 1.807) is 32.9 Å². The number of rotatable bonds is 8. The second kappa shape index (κ2) is 12.9. The van der Waals surface area contributed by atoms with Crippen LogP contribution in [0.15, 0.2) is 30.3 Å². The highest BCUT2D eigenvalue weighted by Crippen LogP contribution is 2.42. The molecule has 1 unspecified atom stereocenters. The predicted molar refractivity (Wildman–Crippen MR) is 171 cm³/mol. The summed E-state index contributed by atoms with van der Waals surface area (Å²) in [4.78, 5) is 20.6. The molecule has 4 rings (SSSR count). The molecule has 0 bridgehead atoms. The number of anilines is 2. The Bertz CT molecular complexity index is 1550. The Labute approximate surface area is 269 Å². The normalized spacial score (nSPS) is 20.2. The molecule has 3 atom stereocenters. The van der Waals surface area contributed by atoms with Crippen molar-refractivity contribution in [2.24, 2.45) is 5.41 Å². The van der Waals surface area contributed by atoms with Crippen molar-refractivity contribution in [1.29, 1.82) is 0 Å². The number of esters is 1. The van der Waals surface area contributed by atoms with Crippen LogP contribution in [0.2, 0.25) is 5.02 Å². The van der Waals surface area contributed by atoms with Gasteiger partial charge in [0.15, 0.2) is 11.6 Å². The first-order valence-electron chi connectivity index (χ1n) is 15.4. The molecule has 1 N–H and O–H groups in total. The predicted octanol–water partition coefficient (Wildman–Crippen LogP) is 8.60. The molecule has 45 heavy (non-hydrogen) atoms. The Balaban J connectivity index is 1.70. The van der Waals surface area contributed by atoms with Crippen molar-refractivity contribution in [3.63, 3.8) is 0 Å². The van der Waals surface area contributed by atoms with Gasteiger partial charge in [-0.1, -0.05) is 23.7 Å². The first-order valence-corrected chi connectivity index (χ1v) is 15.8. The number of ether oxygens (including phenoxy) is 1. The third kappa shape index (κ3) is 8.01. The van der Waals surface area contributed by atoms with Crippen molar-refractivity contribution in [3.05, 3.63) is 69.5 Å². The van der Waals surface area contributed by atoms with Crippen molar-refractivity contribution in [1.82, 2.24) is 19.7 Å². The number of hydrogen-bond donors (Lipinski definition) is 1. The number of alkyl halides is 1. The van der Waals surface area contributed by atoms with Gasteiger partial charge in [-0.15, -0.1) is 0 Å². The molecule has 2 aromatic heterocycles. The van der Waals surface area contributed by atoms with Gasteiger partial charge < -0.3 is 10.1 Å². The summed E-state index contributed by atoms with van der Waals surface area (Å²) in [5, 5.41) is 7.80. The number of halogens is 4. The Morgan fingerprint density at radius 1 is 1.16 bits per heavy atom. The molecule has 3 aromatic rings. The maximum absolute atomic E-state index is 16.0. The SMILES string of the molecule is Cc1cc(Nc2cc(C(C)F)c(F)c(C[C@@]3(C(=O)OC(C)(C)C)CCN(Cc4cccc(Cl)c4F)[C@H](C)C3)n2)nn1C(C)(C)C. The molecule has 0 radical (unpaired) electrons. The summed E-state index contributed by atoms with van der Waals surface area (Å²) in [5.41, 5.74) is -1.02. The number of aromatic nitrogens is 3. The fraction of sp³-hybridized carbons (Fsp3) is 0.559. The number of nitrogens with zero attached hydrogens (tertiary/aromatic N) is 4. The molecular weight excluding hydrogens is 603 g/mol. The highest BCUT2D eigenvalue weighted by Gasteiger charge is 2.47. The third-order valence-corrected chi connectivity index (χ3v) is 8.48. The van der Waals surface area contributed by atoms with Gasteiger partial charge >= 0.3 is 5.97 Å². The van der Waals surface area contributed by atoms with E-state index in [1.165, 1.54) is 19.1 Å². The highest BCUT2D eigenvalue weighted by molar-refractivity contribution is 6.30. The summed E-state index contributed by atoms with van der Waals surface area (Å²) >= 11 is 6.01. The zero-order chi connectivity index (χ0) is 33.5. The van der Waals surface area contributed by atoms with Crippen LogP contribution >= 0.6 is 11.6 Å². The molecular formula is C34H45ClF3N5O2. The summed E-state index contributed by atoms with van der Waals surface area (Å²) in [6.07, 6.45) is -1.10. The number of benzene rings is 1. The molecule has 0 spiro atoms. The lowest BCUT2D eigenvalue weighted by Gasteiger charge is -2.45. The molecule has 3 heterocycles. The smallest absolute Gasteiger partial charge is 0.313 e. The quantitative estimate of drug-likeness (QED) is 0.247. The van der Waals surface area contributed by atoms with Crippen LogP contribution in [0.1, 0.15) is 96.9 Å². The minimum Gasteiger partial charge on any atom is -0.460 e. The van der Waals surface area contributed by atoms with E-state index in [4.69, 9.17) is 16.3 Å². The summed E-state index contributed by atoms with van der Waals surface area (Å²) in [6, 6.07) is 7.89. The average Bonchev–Trinajstić information content (AvgIpc) is 3.29. The van der Waals surface area contributed by atoms with Crippen LogP contribution in [0, 0.1) is 24.0 Å². The average molecular weight is 648 g/mol.